The Kier molecular flexibility index (Phi) is 6.87. The third kappa shape index (κ3) is 5.22. The van der Waals surface area contributed by atoms with Crippen LogP contribution >= 0.6 is 11.8 Å². The van der Waals surface area contributed by atoms with Crippen LogP contribution in [-0.4, -0.2) is 20.4 Å². The molecule has 0 aliphatic carbocycles. The molecule has 0 aliphatic rings. The second kappa shape index (κ2) is 9.84. The van der Waals surface area contributed by atoms with E-state index in [0.29, 0.717) is 28.5 Å². The number of hydrogen-bond acceptors (Lipinski definition) is 4. The summed E-state index contributed by atoms with van der Waals surface area (Å²) in [7, 11) is 0. The molecule has 0 bridgehead atoms. The Bertz CT molecular complexity index is 1300. The summed E-state index contributed by atoms with van der Waals surface area (Å²) in [4.78, 5) is 22.2. The normalized spacial score (nSPS) is 12.6. The lowest BCUT2D eigenvalue weighted by Gasteiger charge is -2.20. The first-order chi connectivity index (χ1) is 16.3. The number of rotatable bonds is 7. The van der Waals surface area contributed by atoms with Gasteiger partial charge in [0.25, 0.3) is 0 Å². The molecule has 0 radical (unpaired) electrons. The minimum Gasteiger partial charge on any atom is -0.324 e. The third-order valence-electron chi connectivity index (χ3n) is 5.16. The molecule has 0 saturated carbocycles. The zero-order valence-corrected chi connectivity index (χ0v) is 18.8. The number of carbonyl (C=O) groups is 1. The number of nitrogens with one attached hydrogen (secondary N) is 1. The second-order valence-corrected chi connectivity index (χ2v) is 8.46. The Morgan fingerprint density at radius 3 is 2.59 bits per heavy atom. The van der Waals surface area contributed by atoms with Crippen molar-refractivity contribution in [3.8, 4) is 0 Å². The molecule has 0 fully saturated rings. The van der Waals surface area contributed by atoms with Gasteiger partial charge in [-0.3, -0.25) is 9.36 Å². The van der Waals surface area contributed by atoms with E-state index in [9.17, 15) is 22.4 Å². The van der Waals surface area contributed by atoms with Crippen LogP contribution in [0.2, 0.25) is 0 Å². The smallest absolute Gasteiger partial charge is 0.324 e. The number of nitrogens with zero attached hydrogens (tertiary/aromatic N) is 3. The van der Waals surface area contributed by atoms with Gasteiger partial charge in [-0.05, 0) is 54.4 Å². The number of pyridine rings is 1. The number of carbonyl (C=O) groups excluding carboxylic acids is 1. The molecule has 34 heavy (non-hydrogen) atoms. The summed E-state index contributed by atoms with van der Waals surface area (Å²) in [5.74, 6) is -0.326. The minimum atomic E-state index is -4.51. The fourth-order valence-electron chi connectivity index (χ4n) is 3.50. The molecule has 0 spiro atoms. The highest BCUT2D eigenvalue weighted by Gasteiger charge is 2.31. The van der Waals surface area contributed by atoms with Gasteiger partial charge >= 0.3 is 6.18 Å². The van der Waals surface area contributed by atoms with Gasteiger partial charge in [0, 0.05) is 17.6 Å². The molecule has 2 heterocycles. The van der Waals surface area contributed by atoms with Gasteiger partial charge in [0.15, 0.2) is 10.8 Å². The molecule has 4 rings (SSSR count). The summed E-state index contributed by atoms with van der Waals surface area (Å²) in [6, 6.07) is 13.3. The highest BCUT2D eigenvalue weighted by atomic mass is 32.2. The number of halogens is 4. The third-order valence-corrected chi connectivity index (χ3v) is 6.18. The number of fused-ring (bicyclic) bond motifs is 1. The molecule has 0 unspecified atom stereocenters. The van der Waals surface area contributed by atoms with Crippen LogP contribution in [0.3, 0.4) is 0 Å². The molecule has 176 valence electrons. The van der Waals surface area contributed by atoms with E-state index in [4.69, 9.17) is 0 Å². The molecule has 5 nitrogen and oxygen atoms in total. The maximum atomic E-state index is 13.2. The average Bonchev–Trinajstić information content (AvgIpc) is 3.17. The first-order valence-corrected chi connectivity index (χ1v) is 11.4. The van der Waals surface area contributed by atoms with Gasteiger partial charge in [-0.25, -0.2) is 14.4 Å². The monoisotopic (exact) mass is 488 g/mol. The van der Waals surface area contributed by atoms with Crippen LogP contribution in [0.25, 0.3) is 11.2 Å². The van der Waals surface area contributed by atoms with Crippen molar-refractivity contribution >= 4 is 34.5 Å². The zero-order valence-electron chi connectivity index (χ0n) is 18.0. The zero-order chi connectivity index (χ0) is 24.3. The van der Waals surface area contributed by atoms with Gasteiger partial charge in [-0.15, -0.1) is 0 Å². The Morgan fingerprint density at radius 2 is 1.88 bits per heavy atom. The lowest BCUT2D eigenvalue weighted by Crippen LogP contribution is -2.26. The van der Waals surface area contributed by atoms with Crippen molar-refractivity contribution in [1.82, 2.24) is 14.5 Å². The molecule has 4 aromatic rings. The van der Waals surface area contributed by atoms with Crippen LogP contribution in [0.15, 0.2) is 72.0 Å². The molecule has 1 amide bonds. The van der Waals surface area contributed by atoms with Crippen molar-refractivity contribution in [2.45, 2.75) is 36.5 Å². The highest BCUT2D eigenvalue weighted by Crippen LogP contribution is 2.33. The first-order valence-electron chi connectivity index (χ1n) is 10.4. The van der Waals surface area contributed by atoms with Gasteiger partial charge < -0.3 is 5.32 Å². The van der Waals surface area contributed by atoms with Crippen LogP contribution in [0.1, 0.15) is 30.5 Å². The van der Waals surface area contributed by atoms with Crippen LogP contribution in [0.4, 0.5) is 23.2 Å². The molecule has 1 atom stereocenters. The number of thioether (sulfide) groups is 1. The van der Waals surface area contributed by atoms with E-state index in [1.807, 2.05) is 0 Å². The Morgan fingerprint density at radius 1 is 1.12 bits per heavy atom. The number of alkyl halides is 3. The maximum Gasteiger partial charge on any atom is 0.416 e. The second-order valence-electron chi connectivity index (χ2n) is 7.52. The van der Waals surface area contributed by atoms with E-state index >= 15 is 0 Å². The van der Waals surface area contributed by atoms with Crippen LogP contribution in [-0.2, 0) is 16.7 Å². The van der Waals surface area contributed by atoms with Crippen molar-refractivity contribution in [2.24, 2.45) is 0 Å². The number of amides is 1. The predicted molar refractivity (Wildman–Crippen MR) is 123 cm³/mol. The van der Waals surface area contributed by atoms with Crippen molar-refractivity contribution < 1.29 is 22.4 Å². The number of anilines is 1. The number of benzene rings is 2. The largest absolute Gasteiger partial charge is 0.416 e. The van der Waals surface area contributed by atoms with E-state index in [2.05, 4.69) is 15.3 Å². The fraction of sp³-hybridized carbons (Fsp3) is 0.208. The molecule has 2 aromatic carbocycles. The van der Waals surface area contributed by atoms with Crippen LogP contribution in [0.5, 0.6) is 0 Å². The van der Waals surface area contributed by atoms with Crippen molar-refractivity contribution in [3.05, 3.63) is 83.8 Å². The van der Waals surface area contributed by atoms with Crippen molar-refractivity contribution in [1.29, 1.82) is 0 Å². The summed E-state index contributed by atoms with van der Waals surface area (Å²) < 4.78 is 54.1. The summed E-state index contributed by atoms with van der Waals surface area (Å²) >= 11 is 1.37. The molecular weight excluding hydrogens is 468 g/mol. The topological polar surface area (TPSA) is 59.8 Å². The van der Waals surface area contributed by atoms with E-state index in [0.717, 1.165) is 17.7 Å². The Hall–Kier alpha value is -3.40. The van der Waals surface area contributed by atoms with Gasteiger partial charge in [0.2, 0.25) is 5.91 Å². The first kappa shape index (κ1) is 23.7. The van der Waals surface area contributed by atoms with E-state index in [1.54, 1.807) is 42.0 Å². The summed E-state index contributed by atoms with van der Waals surface area (Å²) in [6.07, 6.45) is -2.57. The van der Waals surface area contributed by atoms with E-state index in [1.165, 1.54) is 36.0 Å². The lowest BCUT2D eigenvalue weighted by molar-refractivity contribution is -0.137. The van der Waals surface area contributed by atoms with Gasteiger partial charge in [-0.1, -0.05) is 36.9 Å². The van der Waals surface area contributed by atoms with E-state index in [-0.39, 0.29) is 11.5 Å². The summed E-state index contributed by atoms with van der Waals surface area (Å²) in [6.45, 7) is 1.81. The number of hydrogen-bond donors (Lipinski definition) is 1. The van der Waals surface area contributed by atoms with Gasteiger partial charge in [-0.2, -0.15) is 13.2 Å². The standard InChI is InChI=1S/C24H20F4N4OS/c1-2-20(22(33)30-18-6-3-5-16(13-18)24(26,27)28)32-21-19(7-4-12-29-21)31-23(32)34-14-15-8-10-17(25)11-9-15/h3-13,20H,2,14H2,1H3,(H,30,33)/t20-/m1/s1. The molecule has 0 aliphatic heterocycles. The minimum absolute atomic E-state index is 0.0520. The highest BCUT2D eigenvalue weighted by molar-refractivity contribution is 7.98. The maximum absolute atomic E-state index is 13.2. The molecule has 0 saturated heterocycles. The average molecular weight is 489 g/mol. The molecular formula is C24H20F4N4OS. The SMILES string of the molecule is CC[C@H](C(=O)Nc1cccc(C(F)(F)F)c1)n1c(SCc2ccc(F)cc2)nc2cccnc21. The Balaban J connectivity index is 1.64. The molecule has 1 N–H and O–H groups in total. The summed E-state index contributed by atoms with van der Waals surface area (Å²) in [5.41, 5.74) is 1.17. The fourth-order valence-corrected chi connectivity index (χ4v) is 4.51. The van der Waals surface area contributed by atoms with Crippen molar-refractivity contribution in [2.75, 3.05) is 5.32 Å². The lowest BCUT2D eigenvalue weighted by atomic mass is 10.1. The van der Waals surface area contributed by atoms with Crippen molar-refractivity contribution in [3.63, 3.8) is 0 Å². The van der Waals surface area contributed by atoms with Gasteiger partial charge in [0.05, 0.1) is 5.56 Å². The van der Waals surface area contributed by atoms with E-state index < -0.39 is 23.7 Å². The Labute approximate surface area is 197 Å². The number of imidazole rings is 1. The molecule has 10 heteroatoms. The predicted octanol–water partition coefficient (Wildman–Crippen LogP) is 6.47. The van der Waals surface area contributed by atoms with Crippen LogP contribution in [0, 0.1) is 5.82 Å². The quantitative estimate of drug-likeness (QED) is 0.239. The summed E-state index contributed by atoms with van der Waals surface area (Å²) in [5, 5.41) is 3.13. The number of aromatic nitrogens is 3. The van der Waals surface area contributed by atoms with Gasteiger partial charge in [0.1, 0.15) is 17.4 Å². The van der Waals surface area contributed by atoms with Crippen LogP contribution < -0.4 is 5.32 Å². The molecule has 2 aromatic heterocycles.